The highest BCUT2D eigenvalue weighted by atomic mass is 16.3. The molecule has 1 N–H and O–H groups in total. The molecule has 23 heavy (non-hydrogen) atoms. The van der Waals surface area contributed by atoms with Crippen LogP contribution in [0.3, 0.4) is 0 Å². The number of para-hydroxylation sites is 1. The molecule has 2 aromatic carbocycles. The summed E-state index contributed by atoms with van der Waals surface area (Å²) in [6, 6.07) is 14.4. The second-order valence-corrected chi connectivity index (χ2v) is 6.14. The van der Waals surface area contributed by atoms with E-state index >= 15 is 0 Å². The highest BCUT2D eigenvalue weighted by Crippen LogP contribution is 2.31. The normalized spacial score (nSPS) is 15.5. The van der Waals surface area contributed by atoms with Crippen molar-refractivity contribution in [2.75, 3.05) is 11.4 Å². The van der Waals surface area contributed by atoms with E-state index in [0.29, 0.717) is 23.9 Å². The number of phenols is 1. The van der Waals surface area contributed by atoms with Crippen molar-refractivity contribution in [1.29, 1.82) is 0 Å². The Bertz CT molecular complexity index is 765. The number of fused-ring (bicyclic) bond motifs is 1. The standard InChI is InChI=1S/C19H20N2O2/c1-13(2)10-11-21-17-9-4-3-8-16(17)18(19(21)23)20-14-6-5-7-15(22)12-14/h3-9,12-13,22H,10-11H2,1-2H3. The van der Waals surface area contributed by atoms with Gasteiger partial charge in [0.05, 0.1) is 11.4 Å². The Labute approximate surface area is 136 Å². The molecule has 0 bridgehead atoms. The molecular weight excluding hydrogens is 288 g/mol. The Hall–Kier alpha value is -2.62. The smallest absolute Gasteiger partial charge is 0.277 e. The number of aliphatic imine (C=N–C) groups is 1. The fourth-order valence-electron chi connectivity index (χ4n) is 2.67. The monoisotopic (exact) mass is 308 g/mol. The first-order valence-corrected chi connectivity index (χ1v) is 7.85. The fourth-order valence-corrected chi connectivity index (χ4v) is 2.67. The topological polar surface area (TPSA) is 52.9 Å². The van der Waals surface area contributed by atoms with E-state index in [4.69, 9.17) is 0 Å². The summed E-state index contributed by atoms with van der Waals surface area (Å²) in [5.74, 6) is 0.597. The maximum absolute atomic E-state index is 12.8. The van der Waals surface area contributed by atoms with Crippen LogP contribution in [0.5, 0.6) is 5.75 Å². The Morgan fingerprint density at radius 1 is 1.13 bits per heavy atom. The van der Waals surface area contributed by atoms with Gasteiger partial charge in [0.2, 0.25) is 0 Å². The quantitative estimate of drug-likeness (QED) is 0.931. The zero-order valence-corrected chi connectivity index (χ0v) is 13.4. The molecule has 0 saturated carbocycles. The van der Waals surface area contributed by atoms with Crippen LogP contribution >= 0.6 is 0 Å². The molecular formula is C19H20N2O2. The third-order valence-electron chi connectivity index (χ3n) is 3.90. The minimum absolute atomic E-state index is 0.0739. The number of rotatable bonds is 4. The van der Waals surface area contributed by atoms with Crippen LogP contribution in [0.2, 0.25) is 0 Å². The molecule has 0 aromatic heterocycles. The van der Waals surface area contributed by atoms with Crippen molar-refractivity contribution >= 4 is 23.0 Å². The van der Waals surface area contributed by atoms with E-state index in [1.54, 1.807) is 29.2 Å². The number of aromatic hydroxyl groups is 1. The van der Waals surface area contributed by atoms with Gasteiger partial charge in [-0.1, -0.05) is 38.1 Å². The van der Waals surface area contributed by atoms with Gasteiger partial charge >= 0.3 is 0 Å². The van der Waals surface area contributed by atoms with Gasteiger partial charge < -0.3 is 10.0 Å². The van der Waals surface area contributed by atoms with Crippen LogP contribution in [0, 0.1) is 5.92 Å². The van der Waals surface area contributed by atoms with Crippen LogP contribution < -0.4 is 4.90 Å². The van der Waals surface area contributed by atoms with Crippen molar-refractivity contribution in [1.82, 2.24) is 0 Å². The lowest BCUT2D eigenvalue weighted by molar-refractivity contribution is -0.112. The number of amides is 1. The van der Waals surface area contributed by atoms with Crippen LogP contribution in [0.25, 0.3) is 0 Å². The Morgan fingerprint density at radius 3 is 2.65 bits per heavy atom. The molecule has 118 valence electrons. The lowest BCUT2D eigenvalue weighted by Crippen LogP contribution is -2.31. The first-order chi connectivity index (χ1) is 11.1. The van der Waals surface area contributed by atoms with Gasteiger partial charge in [0.1, 0.15) is 11.5 Å². The molecule has 0 atom stereocenters. The first kappa shape index (κ1) is 15.3. The molecule has 0 fully saturated rings. The summed E-state index contributed by atoms with van der Waals surface area (Å²) in [5, 5.41) is 9.58. The molecule has 1 heterocycles. The predicted octanol–water partition coefficient (Wildman–Crippen LogP) is 3.91. The van der Waals surface area contributed by atoms with Crippen molar-refractivity contribution in [2.24, 2.45) is 10.9 Å². The SMILES string of the molecule is CC(C)CCN1C(=O)C(=Nc2cccc(O)c2)c2ccccc21. The van der Waals surface area contributed by atoms with Crippen LogP contribution in [0.4, 0.5) is 11.4 Å². The fraction of sp³-hybridized carbons (Fsp3) is 0.263. The number of benzene rings is 2. The maximum atomic E-state index is 12.8. The average molecular weight is 308 g/mol. The minimum Gasteiger partial charge on any atom is -0.508 e. The molecule has 1 aliphatic heterocycles. The van der Waals surface area contributed by atoms with E-state index in [-0.39, 0.29) is 11.7 Å². The Morgan fingerprint density at radius 2 is 1.91 bits per heavy atom. The van der Waals surface area contributed by atoms with E-state index in [1.165, 1.54) is 0 Å². The summed E-state index contributed by atoms with van der Waals surface area (Å²) in [5.41, 5.74) is 2.78. The Kier molecular flexibility index (Phi) is 4.15. The summed E-state index contributed by atoms with van der Waals surface area (Å²) < 4.78 is 0. The number of anilines is 1. The van der Waals surface area contributed by atoms with Crippen molar-refractivity contribution in [3.05, 3.63) is 54.1 Å². The van der Waals surface area contributed by atoms with Gasteiger partial charge in [0, 0.05) is 18.2 Å². The number of phenolic OH excluding ortho intramolecular Hbond substituents is 1. The van der Waals surface area contributed by atoms with Crippen molar-refractivity contribution in [3.63, 3.8) is 0 Å². The summed E-state index contributed by atoms with van der Waals surface area (Å²) >= 11 is 0. The van der Waals surface area contributed by atoms with Gasteiger partial charge in [-0.05, 0) is 30.5 Å². The minimum atomic E-state index is -0.0739. The average Bonchev–Trinajstić information content (AvgIpc) is 2.78. The number of nitrogens with zero attached hydrogens (tertiary/aromatic N) is 2. The summed E-state index contributed by atoms with van der Waals surface area (Å²) in [7, 11) is 0. The van der Waals surface area contributed by atoms with Crippen molar-refractivity contribution < 1.29 is 9.90 Å². The molecule has 4 nitrogen and oxygen atoms in total. The van der Waals surface area contributed by atoms with Gasteiger partial charge in [-0.15, -0.1) is 0 Å². The van der Waals surface area contributed by atoms with Gasteiger partial charge in [0.15, 0.2) is 0 Å². The van der Waals surface area contributed by atoms with Crippen LogP contribution in [0.1, 0.15) is 25.8 Å². The summed E-state index contributed by atoms with van der Waals surface area (Å²) in [4.78, 5) is 19.1. The van der Waals surface area contributed by atoms with E-state index < -0.39 is 0 Å². The number of carbonyl (C=O) groups excluding carboxylic acids is 1. The molecule has 4 heteroatoms. The highest BCUT2D eigenvalue weighted by Gasteiger charge is 2.33. The van der Waals surface area contributed by atoms with E-state index in [2.05, 4.69) is 18.8 Å². The lowest BCUT2D eigenvalue weighted by atomic mass is 10.1. The molecule has 1 amide bonds. The molecule has 1 aliphatic rings. The second-order valence-electron chi connectivity index (χ2n) is 6.14. The zero-order chi connectivity index (χ0) is 16.4. The number of hydrogen-bond donors (Lipinski definition) is 1. The van der Waals surface area contributed by atoms with Gasteiger partial charge in [-0.25, -0.2) is 4.99 Å². The third-order valence-corrected chi connectivity index (χ3v) is 3.90. The van der Waals surface area contributed by atoms with Gasteiger partial charge in [-0.3, -0.25) is 4.79 Å². The molecule has 0 aliphatic carbocycles. The van der Waals surface area contributed by atoms with Gasteiger partial charge in [-0.2, -0.15) is 0 Å². The molecule has 0 radical (unpaired) electrons. The van der Waals surface area contributed by atoms with E-state index in [9.17, 15) is 9.90 Å². The summed E-state index contributed by atoms with van der Waals surface area (Å²) in [6.07, 6.45) is 0.944. The zero-order valence-electron chi connectivity index (χ0n) is 13.4. The molecule has 0 spiro atoms. The van der Waals surface area contributed by atoms with Crippen LogP contribution in [-0.4, -0.2) is 23.3 Å². The third kappa shape index (κ3) is 3.11. The van der Waals surface area contributed by atoms with Crippen molar-refractivity contribution in [3.8, 4) is 5.75 Å². The van der Waals surface area contributed by atoms with E-state index in [1.807, 2.05) is 24.3 Å². The summed E-state index contributed by atoms with van der Waals surface area (Å²) in [6.45, 7) is 4.98. The molecule has 2 aromatic rings. The highest BCUT2D eigenvalue weighted by molar-refractivity contribution is 6.54. The molecule has 3 rings (SSSR count). The lowest BCUT2D eigenvalue weighted by Gasteiger charge is -2.17. The number of carbonyl (C=O) groups is 1. The van der Waals surface area contributed by atoms with Crippen molar-refractivity contribution in [2.45, 2.75) is 20.3 Å². The largest absolute Gasteiger partial charge is 0.508 e. The van der Waals surface area contributed by atoms with Crippen LogP contribution in [0.15, 0.2) is 53.5 Å². The van der Waals surface area contributed by atoms with Crippen LogP contribution in [-0.2, 0) is 4.79 Å². The molecule has 0 unspecified atom stereocenters. The predicted molar refractivity (Wildman–Crippen MR) is 92.6 cm³/mol. The second kappa shape index (κ2) is 6.24. The Balaban J connectivity index is 2.00. The maximum Gasteiger partial charge on any atom is 0.277 e. The van der Waals surface area contributed by atoms with E-state index in [0.717, 1.165) is 17.7 Å². The van der Waals surface area contributed by atoms with Gasteiger partial charge in [0.25, 0.3) is 5.91 Å². The number of hydrogen-bond acceptors (Lipinski definition) is 3. The molecule has 0 saturated heterocycles. The first-order valence-electron chi connectivity index (χ1n) is 7.85.